The van der Waals surface area contributed by atoms with Gasteiger partial charge < -0.3 is 4.74 Å². The van der Waals surface area contributed by atoms with Crippen LogP contribution in [0.1, 0.15) is 29.2 Å². The molecule has 56 heavy (non-hydrogen) atoms. The first kappa shape index (κ1) is 37.5. The normalized spacial score (nSPS) is 11.7. The summed E-state index contributed by atoms with van der Waals surface area (Å²) in [5.41, 5.74) is 7.28. The number of esters is 1. The fraction of sp³-hybridized carbons (Fsp3) is 0.135. The summed E-state index contributed by atoms with van der Waals surface area (Å²) >= 11 is 0. The van der Waals surface area contributed by atoms with Crippen LogP contribution in [0.4, 0.5) is 0 Å². The number of rotatable bonds is 10. The maximum Gasteiger partial charge on any atom is 0.345 e. The zero-order valence-corrected chi connectivity index (χ0v) is 34.6. The Morgan fingerprint density at radius 3 is 1.41 bits per heavy atom. The van der Waals surface area contributed by atoms with Gasteiger partial charge in [0, 0.05) is 11.1 Å². The van der Waals surface area contributed by atoms with Crippen LogP contribution in [0.3, 0.4) is 0 Å². The molecule has 4 heteroatoms. The third-order valence-electron chi connectivity index (χ3n) is 10.9. The fourth-order valence-corrected chi connectivity index (χ4v) is 14.6. The van der Waals surface area contributed by atoms with E-state index in [2.05, 4.69) is 198 Å². The van der Waals surface area contributed by atoms with Gasteiger partial charge in [-0.05, 0) is 110 Å². The average Bonchev–Trinajstić information content (AvgIpc) is 3.22. The summed E-state index contributed by atoms with van der Waals surface area (Å²) in [6, 6.07) is 63.0. The molecule has 0 aliphatic rings. The lowest BCUT2D eigenvalue weighted by Crippen LogP contribution is -2.38. The highest BCUT2D eigenvalue weighted by atomic mass is 31.2. The largest absolute Gasteiger partial charge is 0.463 e. The van der Waals surface area contributed by atoms with Crippen LogP contribution in [-0.2, 0) is 9.53 Å². The number of aryl methyl sites for hydroxylation is 4. The van der Waals surface area contributed by atoms with Gasteiger partial charge in [0.15, 0.2) is 6.16 Å². The molecule has 8 rings (SSSR count). The Balaban J connectivity index is 1.57. The Morgan fingerprint density at radius 2 is 0.929 bits per heavy atom. The Hall–Kier alpha value is -5.39. The van der Waals surface area contributed by atoms with Gasteiger partial charge in [-0.1, -0.05) is 162 Å². The molecule has 0 amide bonds. The Kier molecular flexibility index (Phi) is 10.7. The summed E-state index contributed by atoms with van der Waals surface area (Å²) in [5, 5.41) is 12.2. The minimum absolute atomic E-state index is 0.180. The van der Waals surface area contributed by atoms with Gasteiger partial charge >= 0.3 is 5.97 Å². The average molecular weight is 766 g/mol. The molecule has 0 unspecified atom stereocenters. The second-order valence-electron chi connectivity index (χ2n) is 14.8. The molecule has 8 aromatic rings. The van der Waals surface area contributed by atoms with Crippen LogP contribution in [0.25, 0.3) is 32.7 Å². The summed E-state index contributed by atoms with van der Waals surface area (Å²) < 4.78 is 5.90. The highest BCUT2D eigenvalue weighted by molar-refractivity contribution is 7.96. The topological polar surface area (TPSA) is 26.3 Å². The van der Waals surface area contributed by atoms with Crippen LogP contribution in [-0.4, -0.2) is 18.7 Å². The van der Waals surface area contributed by atoms with E-state index in [0.717, 1.165) is 10.6 Å². The van der Waals surface area contributed by atoms with Crippen LogP contribution in [0, 0.1) is 27.7 Å². The molecule has 2 nitrogen and oxygen atoms in total. The van der Waals surface area contributed by atoms with Crippen molar-refractivity contribution in [1.29, 1.82) is 0 Å². The van der Waals surface area contributed by atoms with Gasteiger partial charge in [-0.15, -0.1) is 0 Å². The molecule has 276 valence electrons. The number of carbonyl (C=O) groups excluding carboxylic acids is 1. The zero-order valence-electron chi connectivity index (χ0n) is 32.8. The minimum atomic E-state index is -2.74. The van der Waals surface area contributed by atoms with Crippen molar-refractivity contribution in [3.05, 3.63) is 192 Å². The van der Waals surface area contributed by atoms with Crippen molar-refractivity contribution < 1.29 is 9.53 Å². The first-order chi connectivity index (χ1) is 27.3. The monoisotopic (exact) mass is 765 g/mol. The molecular weight excluding hydrogens is 719 g/mol. The van der Waals surface area contributed by atoms with Crippen LogP contribution in [0.15, 0.2) is 170 Å². The number of hydrogen-bond acceptors (Lipinski definition) is 2. The van der Waals surface area contributed by atoms with Crippen LogP contribution >= 0.6 is 15.2 Å². The second-order valence-corrected chi connectivity index (χ2v) is 20.4. The number of carbonyl (C=O) groups is 1. The lowest BCUT2D eigenvalue weighted by atomic mass is 9.93. The smallest absolute Gasteiger partial charge is 0.345 e. The van der Waals surface area contributed by atoms with E-state index in [4.69, 9.17) is 4.74 Å². The molecule has 0 fully saturated rings. The summed E-state index contributed by atoms with van der Waals surface area (Å²) in [4.78, 5) is 14.2. The maximum atomic E-state index is 14.2. The third-order valence-corrected chi connectivity index (χ3v) is 17.7. The molecule has 0 bridgehead atoms. The number of hydrogen-bond donors (Lipinski definition) is 0. The quantitative estimate of drug-likeness (QED) is 0.102. The highest BCUT2D eigenvalue weighted by Crippen LogP contribution is 2.58. The van der Waals surface area contributed by atoms with Gasteiger partial charge in [-0.25, -0.2) is 4.79 Å². The van der Waals surface area contributed by atoms with E-state index in [1.54, 1.807) is 0 Å². The van der Waals surface area contributed by atoms with Crippen molar-refractivity contribution in [2.75, 3.05) is 12.8 Å². The van der Waals surface area contributed by atoms with E-state index >= 15 is 0 Å². The second kappa shape index (κ2) is 16.0. The summed E-state index contributed by atoms with van der Waals surface area (Å²) in [6.07, 6.45) is 0.253. The highest BCUT2D eigenvalue weighted by Gasteiger charge is 2.50. The molecule has 0 aromatic heterocycles. The van der Waals surface area contributed by atoms with Crippen molar-refractivity contribution in [3.8, 4) is 11.1 Å². The van der Waals surface area contributed by atoms with Crippen LogP contribution < -0.4 is 31.8 Å². The molecule has 0 N–H and O–H groups in total. The molecule has 0 saturated heterocycles. The molecule has 0 saturated carbocycles. The molecule has 0 aliphatic carbocycles. The molecule has 0 aliphatic heterocycles. The predicted octanol–water partition coefficient (Wildman–Crippen LogP) is 10.5. The van der Waals surface area contributed by atoms with E-state index in [1.807, 2.05) is 6.92 Å². The van der Waals surface area contributed by atoms with Crippen LogP contribution in [0.2, 0.25) is 0 Å². The number of ether oxygens (including phenoxy) is 1. The van der Waals surface area contributed by atoms with Gasteiger partial charge in [0.2, 0.25) is 0 Å². The summed E-state index contributed by atoms with van der Waals surface area (Å²) in [7, 11) is -3.75. The SMILES string of the molecule is CCOC(=O)C[P+](c1ccc(C)cc1)(c1ccc(C)cc1)c1ccc2ccccc2c1-c1c(P(c2ccc(C)cc2)c2ccc(C)cc2)ccc2ccccc12. The van der Waals surface area contributed by atoms with E-state index in [9.17, 15) is 4.79 Å². The first-order valence-electron chi connectivity index (χ1n) is 19.4. The lowest BCUT2D eigenvalue weighted by Gasteiger charge is -2.31. The third kappa shape index (κ3) is 7.10. The molecule has 0 radical (unpaired) electrons. The van der Waals surface area contributed by atoms with Gasteiger partial charge in [0.05, 0.1) is 6.61 Å². The molecule has 0 atom stereocenters. The fourth-order valence-electron chi connectivity index (χ4n) is 8.06. The predicted molar refractivity (Wildman–Crippen MR) is 245 cm³/mol. The molecule has 0 spiro atoms. The molecule has 0 heterocycles. The molecular formula is C52H47O2P2+. The van der Waals surface area contributed by atoms with Gasteiger partial charge in [-0.2, -0.15) is 0 Å². The van der Waals surface area contributed by atoms with Crippen molar-refractivity contribution in [2.45, 2.75) is 34.6 Å². The standard InChI is InChI=1S/C52H47O2P2/c1-6-54-50(53)35-56(44-29-19-38(4)20-30-44,45-31-21-39(5)22-32-45)49-34-24-41-12-8-10-14-47(41)52(49)51-46-13-9-7-11-40(46)23-33-48(51)55(42-25-15-36(2)16-26-42)43-27-17-37(3)18-28-43/h7-34H,6,35H2,1-5H3/q+1. The van der Waals surface area contributed by atoms with Gasteiger partial charge in [-0.3, -0.25) is 0 Å². The Labute approximate surface area is 333 Å². The number of benzene rings is 8. The van der Waals surface area contributed by atoms with E-state index < -0.39 is 15.2 Å². The van der Waals surface area contributed by atoms with Gasteiger partial charge in [0.1, 0.15) is 23.2 Å². The molecule has 8 aromatic carbocycles. The Bertz CT molecular complexity index is 2570. The number of fused-ring (bicyclic) bond motifs is 2. The lowest BCUT2D eigenvalue weighted by molar-refractivity contribution is -0.139. The van der Waals surface area contributed by atoms with E-state index in [0.29, 0.717) is 6.61 Å². The van der Waals surface area contributed by atoms with Crippen molar-refractivity contribution >= 4 is 74.5 Å². The van der Waals surface area contributed by atoms with Crippen molar-refractivity contribution in [2.24, 2.45) is 0 Å². The minimum Gasteiger partial charge on any atom is -0.463 e. The van der Waals surface area contributed by atoms with Crippen molar-refractivity contribution in [3.63, 3.8) is 0 Å². The van der Waals surface area contributed by atoms with E-state index in [-0.39, 0.29) is 12.1 Å². The summed E-state index contributed by atoms with van der Waals surface area (Å²) in [6.45, 7) is 10.8. The van der Waals surface area contributed by atoms with Gasteiger partial charge in [0.25, 0.3) is 0 Å². The van der Waals surface area contributed by atoms with E-state index in [1.165, 1.54) is 76.1 Å². The zero-order chi connectivity index (χ0) is 38.8. The summed E-state index contributed by atoms with van der Waals surface area (Å²) in [5.74, 6) is -0.180. The van der Waals surface area contributed by atoms with Crippen molar-refractivity contribution in [1.82, 2.24) is 0 Å². The van der Waals surface area contributed by atoms with Crippen LogP contribution in [0.5, 0.6) is 0 Å². The maximum absolute atomic E-state index is 14.2. The first-order valence-corrected chi connectivity index (χ1v) is 22.7. The Morgan fingerprint density at radius 1 is 0.500 bits per heavy atom.